The summed E-state index contributed by atoms with van der Waals surface area (Å²) in [7, 11) is 1.91. The first-order valence-corrected chi connectivity index (χ1v) is 6.84. The normalized spacial score (nSPS) is 17.2. The summed E-state index contributed by atoms with van der Waals surface area (Å²) in [6.07, 6.45) is 8.41. The number of hydrogen-bond acceptors (Lipinski definition) is 5. The molecule has 1 N–H and O–H groups in total. The number of hydrogen-bond donors (Lipinski definition) is 1. The van der Waals surface area contributed by atoms with Crippen molar-refractivity contribution in [2.45, 2.75) is 44.6 Å². The van der Waals surface area contributed by atoms with Crippen molar-refractivity contribution < 1.29 is 4.42 Å². The first-order chi connectivity index (χ1) is 9.26. The predicted molar refractivity (Wildman–Crippen MR) is 70.8 cm³/mol. The molecule has 1 fully saturated rings. The number of anilines is 1. The van der Waals surface area contributed by atoms with Gasteiger partial charge in [0.1, 0.15) is 0 Å². The number of aryl methyl sites for hydroxylation is 1. The zero-order valence-electron chi connectivity index (χ0n) is 11.3. The average molecular weight is 261 g/mol. The Morgan fingerprint density at radius 1 is 1.47 bits per heavy atom. The lowest BCUT2D eigenvalue weighted by molar-refractivity contribution is 0.337. The molecular weight excluding hydrogens is 242 g/mol. The van der Waals surface area contributed by atoms with Crippen molar-refractivity contribution in [3.8, 4) is 0 Å². The molecule has 1 saturated carbocycles. The van der Waals surface area contributed by atoms with Gasteiger partial charge in [0.05, 0.1) is 12.2 Å². The summed E-state index contributed by atoms with van der Waals surface area (Å²) in [5.74, 6) is 1.25. The summed E-state index contributed by atoms with van der Waals surface area (Å²) in [5, 5.41) is 15.7. The van der Waals surface area contributed by atoms with Crippen LogP contribution in [0.1, 0.15) is 56.0 Å². The van der Waals surface area contributed by atoms with E-state index in [1.165, 1.54) is 19.3 Å². The van der Waals surface area contributed by atoms with Gasteiger partial charge in [0.2, 0.25) is 5.89 Å². The van der Waals surface area contributed by atoms with Gasteiger partial charge < -0.3 is 9.73 Å². The summed E-state index contributed by atoms with van der Waals surface area (Å²) in [5.41, 5.74) is 1.13. The maximum Gasteiger partial charge on any atom is 0.315 e. The van der Waals surface area contributed by atoms with E-state index in [1.807, 2.05) is 19.4 Å². The van der Waals surface area contributed by atoms with Gasteiger partial charge in [-0.05, 0) is 19.3 Å². The number of rotatable bonds is 5. The molecule has 102 valence electrons. The highest BCUT2D eigenvalue weighted by molar-refractivity contribution is 5.26. The van der Waals surface area contributed by atoms with E-state index in [9.17, 15) is 0 Å². The molecule has 0 unspecified atom stereocenters. The first kappa shape index (κ1) is 12.2. The van der Waals surface area contributed by atoms with E-state index in [4.69, 9.17) is 4.42 Å². The summed E-state index contributed by atoms with van der Waals surface area (Å²) in [6.45, 7) is 2.12. The smallest absolute Gasteiger partial charge is 0.315 e. The fraction of sp³-hybridized carbons (Fsp3) is 0.615. The fourth-order valence-corrected chi connectivity index (χ4v) is 2.30. The quantitative estimate of drug-likeness (QED) is 0.896. The minimum atomic E-state index is 0.156. The molecule has 19 heavy (non-hydrogen) atoms. The van der Waals surface area contributed by atoms with Crippen LogP contribution in [0.4, 0.5) is 6.01 Å². The van der Waals surface area contributed by atoms with Gasteiger partial charge in [0.25, 0.3) is 0 Å². The Bertz CT molecular complexity index is 543. The fourth-order valence-electron chi connectivity index (χ4n) is 2.30. The summed E-state index contributed by atoms with van der Waals surface area (Å²) >= 11 is 0. The van der Waals surface area contributed by atoms with Crippen molar-refractivity contribution in [3.63, 3.8) is 0 Å². The minimum Gasteiger partial charge on any atom is -0.408 e. The molecule has 0 saturated heterocycles. The van der Waals surface area contributed by atoms with Crippen LogP contribution in [0.15, 0.2) is 16.8 Å². The van der Waals surface area contributed by atoms with Crippen LogP contribution in [0.2, 0.25) is 0 Å². The van der Waals surface area contributed by atoms with Gasteiger partial charge in [-0.3, -0.25) is 4.68 Å². The topological polar surface area (TPSA) is 68.8 Å². The van der Waals surface area contributed by atoms with E-state index >= 15 is 0 Å². The van der Waals surface area contributed by atoms with E-state index in [2.05, 4.69) is 27.5 Å². The molecule has 0 bridgehead atoms. The Labute approximate surface area is 112 Å². The van der Waals surface area contributed by atoms with Gasteiger partial charge in [-0.2, -0.15) is 5.10 Å². The maximum absolute atomic E-state index is 5.69. The standard InChI is InChI=1S/C13H19N5O/c1-3-11(10-7-14-18(2)8-10)15-13-17-16-12(19-13)9-5-4-6-9/h7-9,11H,3-6H2,1-2H3,(H,15,17)/t11-/m1/s1. The Kier molecular flexibility index (Phi) is 3.23. The highest BCUT2D eigenvalue weighted by Crippen LogP contribution is 2.36. The van der Waals surface area contributed by atoms with Crippen molar-refractivity contribution >= 4 is 6.01 Å². The molecule has 2 aromatic rings. The molecule has 3 rings (SSSR count). The van der Waals surface area contributed by atoms with Crippen LogP contribution in [0, 0.1) is 0 Å². The van der Waals surface area contributed by atoms with E-state index in [1.54, 1.807) is 4.68 Å². The summed E-state index contributed by atoms with van der Waals surface area (Å²) in [6, 6.07) is 0.668. The third-order valence-electron chi connectivity index (χ3n) is 3.73. The number of aromatic nitrogens is 4. The SMILES string of the molecule is CC[C@@H](Nc1nnc(C2CCC2)o1)c1cnn(C)c1. The zero-order valence-corrected chi connectivity index (χ0v) is 11.3. The Morgan fingerprint density at radius 2 is 2.32 bits per heavy atom. The van der Waals surface area contributed by atoms with Crippen molar-refractivity contribution in [2.75, 3.05) is 5.32 Å². The lowest BCUT2D eigenvalue weighted by Gasteiger charge is -2.20. The van der Waals surface area contributed by atoms with Gasteiger partial charge in [0, 0.05) is 24.7 Å². The van der Waals surface area contributed by atoms with Crippen LogP contribution < -0.4 is 5.32 Å². The minimum absolute atomic E-state index is 0.156. The van der Waals surface area contributed by atoms with Gasteiger partial charge in [-0.15, -0.1) is 5.10 Å². The summed E-state index contributed by atoms with van der Waals surface area (Å²) < 4.78 is 7.49. The molecule has 0 aromatic carbocycles. The summed E-state index contributed by atoms with van der Waals surface area (Å²) in [4.78, 5) is 0. The molecule has 0 radical (unpaired) electrons. The Morgan fingerprint density at radius 3 is 2.89 bits per heavy atom. The second-order valence-electron chi connectivity index (χ2n) is 5.13. The van der Waals surface area contributed by atoms with Gasteiger partial charge in [0.15, 0.2) is 0 Å². The average Bonchev–Trinajstić information content (AvgIpc) is 2.93. The van der Waals surface area contributed by atoms with E-state index in [-0.39, 0.29) is 6.04 Å². The van der Waals surface area contributed by atoms with Crippen LogP contribution in [0.3, 0.4) is 0 Å². The molecule has 0 spiro atoms. The van der Waals surface area contributed by atoms with Crippen molar-refractivity contribution in [1.82, 2.24) is 20.0 Å². The molecule has 1 aliphatic carbocycles. The van der Waals surface area contributed by atoms with Crippen LogP contribution in [0.25, 0.3) is 0 Å². The van der Waals surface area contributed by atoms with E-state index < -0.39 is 0 Å². The predicted octanol–water partition coefficient (Wildman–Crippen LogP) is 2.63. The molecule has 6 heteroatoms. The first-order valence-electron chi connectivity index (χ1n) is 6.84. The van der Waals surface area contributed by atoms with Crippen LogP contribution >= 0.6 is 0 Å². The lowest BCUT2D eigenvalue weighted by atomic mass is 9.85. The molecular formula is C13H19N5O. The van der Waals surface area contributed by atoms with Crippen molar-refractivity contribution in [1.29, 1.82) is 0 Å². The number of nitrogens with zero attached hydrogens (tertiary/aromatic N) is 4. The molecule has 2 aromatic heterocycles. The third-order valence-corrected chi connectivity index (χ3v) is 3.73. The third kappa shape index (κ3) is 2.47. The van der Waals surface area contributed by atoms with Gasteiger partial charge >= 0.3 is 6.01 Å². The second-order valence-corrected chi connectivity index (χ2v) is 5.13. The van der Waals surface area contributed by atoms with Crippen LogP contribution in [0.5, 0.6) is 0 Å². The Balaban J connectivity index is 1.70. The Hall–Kier alpha value is -1.85. The molecule has 0 amide bonds. The second kappa shape index (κ2) is 5.03. The van der Waals surface area contributed by atoms with Crippen molar-refractivity contribution in [3.05, 3.63) is 23.8 Å². The molecule has 1 aliphatic rings. The molecule has 1 atom stereocenters. The molecule has 6 nitrogen and oxygen atoms in total. The molecule has 2 heterocycles. The van der Waals surface area contributed by atoms with Gasteiger partial charge in [-0.1, -0.05) is 18.4 Å². The number of nitrogens with one attached hydrogen (secondary N) is 1. The van der Waals surface area contributed by atoms with Gasteiger partial charge in [-0.25, -0.2) is 0 Å². The van der Waals surface area contributed by atoms with Crippen LogP contribution in [-0.4, -0.2) is 20.0 Å². The maximum atomic E-state index is 5.69. The largest absolute Gasteiger partial charge is 0.408 e. The molecule has 0 aliphatic heterocycles. The monoisotopic (exact) mass is 261 g/mol. The van der Waals surface area contributed by atoms with Crippen LogP contribution in [-0.2, 0) is 7.05 Å². The lowest BCUT2D eigenvalue weighted by Crippen LogP contribution is -2.09. The van der Waals surface area contributed by atoms with Crippen molar-refractivity contribution in [2.24, 2.45) is 7.05 Å². The zero-order chi connectivity index (χ0) is 13.2. The van der Waals surface area contributed by atoms with E-state index in [0.717, 1.165) is 17.9 Å². The van der Waals surface area contributed by atoms with E-state index in [0.29, 0.717) is 11.9 Å². The highest BCUT2D eigenvalue weighted by atomic mass is 16.4. The highest BCUT2D eigenvalue weighted by Gasteiger charge is 2.25.